The fourth-order valence-electron chi connectivity index (χ4n) is 5.27. The number of fused-ring (bicyclic) bond motifs is 1. The topological polar surface area (TPSA) is 164 Å². The minimum absolute atomic E-state index is 0.0165. The first-order chi connectivity index (χ1) is 22.7. The molecule has 5 rings (SSSR count). The maximum Gasteiger partial charge on any atom is 0.244 e. The molecule has 2 amide bonds. The molecule has 1 aliphatic heterocycles. The average Bonchev–Trinajstić information content (AvgIpc) is 3.47. The predicted molar refractivity (Wildman–Crippen MR) is 173 cm³/mol. The van der Waals surface area contributed by atoms with Crippen molar-refractivity contribution in [3.05, 3.63) is 113 Å². The molecule has 0 saturated carbocycles. The lowest BCUT2D eigenvalue weighted by molar-refractivity contribution is -0.123. The van der Waals surface area contributed by atoms with Gasteiger partial charge in [-0.2, -0.15) is 0 Å². The summed E-state index contributed by atoms with van der Waals surface area (Å²) >= 11 is 0. The Hall–Kier alpha value is -5.97. The van der Waals surface area contributed by atoms with Crippen LogP contribution in [-0.4, -0.2) is 60.2 Å². The van der Waals surface area contributed by atoms with Gasteiger partial charge in [0.25, 0.3) is 0 Å². The molecule has 0 radical (unpaired) electrons. The van der Waals surface area contributed by atoms with E-state index in [0.29, 0.717) is 46.7 Å². The Kier molecular flexibility index (Phi) is 9.95. The number of hydrogen-bond acceptors (Lipinski definition) is 9. The van der Waals surface area contributed by atoms with Crippen molar-refractivity contribution in [1.82, 2.24) is 10.6 Å². The second kappa shape index (κ2) is 14.4. The van der Waals surface area contributed by atoms with Gasteiger partial charge in [0.2, 0.25) is 11.8 Å². The number of nitrogens with one attached hydrogen (secondary N) is 2. The maximum atomic E-state index is 13.8. The van der Waals surface area contributed by atoms with E-state index in [4.69, 9.17) is 14.2 Å². The summed E-state index contributed by atoms with van der Waals surface area (Å²) in [4.78, 5) is 39.2. The first-order valence-electron chi connectivity index (χ1n) is 14.8. The Labute approximate surface area is 271 Å². The summed E-state index contributed by atoms with van der Waals surface area (Å²) in [7, 11) is 2.87. The molecule has 0 saturated heterocycles. The predicted octanol–water partition coefficient (Wildman–Crippen LogP) is 4.41. The minimum Gasteiger partial charge on any atom is -0.508 e. The zero-order chi connectivity index (χ0) is 33.5. The van der Waals surface area contributed by atoms with E-state index in [-0.39, 0.29) is 41.2 Å². The van der Waals surface area contributed by atoms with Gasteiger partial charge in [0.1, 0.15) is 23.5 Å². The Morgan fingerprint density at radius 3 is 2.19 bits per heavy atom. The summed E-state index contributed by atoms with van der Waals surface area (Å²) in [5.41, 5.74) is 2.86. The lowest BCUT2D eigenvalue weighted by atomic mass is 9.89. The zero-order valence-corrected chi connectivity index (χ0v) is 25.7. The van der Waals surface area contributed by atoms with Crippen molar-refractivity contribution in [1.29, 1.82) is 0 Å². The summed E-state index contributed by atoms with van der Waals surface area (Å²) in [6, 6.07) is 20.5. The molecule has 0 fully saturated rings. The molecule has 4 aromatic carbocycles. The quantitative estimate of drug-likeness (QED) is 0.112. The summed E-state index contributed by atoms with van der Waals surface area (Å²) in [6.07, 6.45) is 2.68. The first kappa shape index (κ1) is 32.4. The first-order valence-corrected chi connectivity index (χ1v) is 14.8. The van der Waals surface area contributed by atoms with Gasteiger partial charge in [0.05, 0.1) is 20.8 Å². The molecular formula is C36H34N2O9. The number of Topliss-reactive ketones (excluding diaryl/α,β-unsaturated/α-hetero) is 1. The Bertz CT molecular complexity index is 1800. The van der Waals surface area contributed by atoms with Crippen LogP contribution in [0.2, 0.25) is 0 Å². The molecule has 4 aromatic rings. The van der Waals surface area contributed by atoms with Crippen LogP contribution in [0.3, 0.4) is 0 Å². The molecule has 47 heavy (non-hydrogen) atoms. The van der Waals surface area contributed by atoms with Crippen LogP contribution in [0, 0.1) is 0 Å². The number of methoxy groups -OCH3 is 2. The molecule has 11 heteroatoms. The molecule has 0 bridgehead atoms. The van der Waals surface area contributed by atoms with E-state index in [1.165, 1.54) is 50.6 Å². The Morgan fingerprint density at radius 1 is 0.830 bits per heavy atom. The number of carbonyl (C=O) groups is 3. The maximum absolute atomic E-state index is 13.8. The average molecular weight is 639 g/mol. The molecule has 242 valence electrons. The van der Waals surface area contributed by atoms with E-state index in [0.717, 1.165) is 5.56 Å². The van der Waals surface area contributed by atoms with Crippen LogP contribution in [0.5, 0.6) is 34.5 Å². The van der Waals surface area contributed by atoms with E-state index in [1.54, 1.807) is 54.6 Å². The fourth-order valence-corrected chi connectivity index (χ4v) is 5.27. The van der Waals surface area contributed by atoms with E-state index in [1.807, 2.05) is 0 Å². The standard InChI is InChI=1S/C36H34N2O9/c1-45-30-19-24(8-13-28(30)41)34-33(36(44)38-20-29(42)23-6-11-26(40)12-7-23)27-17-22(18-31(46-2)35(27)47-34)5-14-32(43)37-16-15-21-3-9-25(39)10-4-21/h3-14,17-19,33-34,39-41H,15-16,20H2,1-2H3,(H,37,43)(H,38,44)/t33-,34+/m0/s1. The number of aromatic hydroxyl groups is 3. The van der Waals surface area contributed by atoms with Gasteiger partial charge < -0.3 is 40.2 Å². The third kappa shape index (κ3) is 7.64. The highest BCUT2D eigenvalue weighted by atomic mass is 16.5. The van der Waals surface area contributed by atoms with Crippen molar-refractivity contribution in [2.75, 3.05) is 27.3 Å². The number of carbonyl (C=O) groups excluding carboxylic acids is 3. The number of phenolic OH excluding ortho intramolecular Hbond substituents is 3. The van der Waals surface area contributed by atoms with Crippen molar-refractivity contribution in [2.24, 2.45) is 0 Å². The van der Waals surface area contributed by atoms with Gasteiger partial charge in [0, 0.05) is 23.7 Å². The minimum atomic E-state index is -0.951. The second-order valence-electron chi connectivity index (χ2n) is 10.8. The van der Waals surface area contributed by atoms with Gasteiger partial charge in [-0.05, 0) is 89.9 Å². The number of ketones is 1. The fraction of sp³-hybridized carbons (Fsp3) is 0.194. The van der Waals surface area contributed by atoms with E-state index in [2.05, 4.69) is 10.6 Å². The number of rotatable bonds is 12. The normalized spacial score (nSPS) is 15.0. The number of phenols is 3. The third-order valence-corrected chi connectivity index (χ3v) is 7.71. The zero-order valence-electron chi connectivity index (χ0n) is 25.7. The number of amides is 2. The Balaban J connectivity index is 1.39. The molecule has 0 spiro atoms. The van der Waals surface area contributed by atoms with Crippen molar-refractivity contribution in [3.63, 3.8) is 0 Å². The van der Waals surface area contributed by atoms with Gasteiger partial charge in [-0.25, -0.2) is 0 Å². The van der Waals surface area contributed by atoms with Crippen LogP contribution in [-0.2, 0) is 16.0 Å². The van der Waals surface area contributed by atoms with Gasteiger partial charge >= 0.3 is 0 Å². The van der Waals surface area contributed by atoms with Crippen molar-refractivity contribution in [2.45, 2.75) is 18.4 Å². The van der Waals surface area contributed by atoms with Gasteiger partial charge in [-0.15, -0.1) is 0 Å². The highest BCUT2D eigenvalue weighted by Crippen LogP contribution is 2.51. The number of benzene rings is 4. The van der Waals surface area contributed by atoms with Crippen molar-refractivity contribution < 1.29 is 43.9 Å². The van der Waals surface area contributed by atoms with Gasteiger partial charge in [0.15, 0.2) is 28.8 Å². The number of hydrogen-bond donors (Lipinski definition) is 5. The molecule has 1 aliphatic rings. The summed E-state index contributed by atoms with van der Waals surface area (Å²) in [6.45, 7) is 0.0836. The monoisotopic (exact) mass is 638 g/mol. The lowest BCUT2D eigenvalue weighted by Crippen LogP contribution is -2.35. The van der Waals surface area contributed by atoms with Crippen molar-refractivity contribution >= 4 is 23.7 Å². The van der Waals surface area contributed by atoms with Crippen LogP contribution >= 0.6 is 0 Å². The highest BCUT2D eigenvalue weighted by Gasteiger charge is 2.43. The molecule has 11 nitrogen and oxygen atoms in total. The molecule has 2 atom stereocenters. The molecule has 1 heterocycles. The SMILES string of the molecule is COc1cc([C@H]2Oc3c(OC)cc(C=CC(=O)NCCc4ccc(O)cc4)cc3[C@@H]2C(=O)NCC(=O)c2ccc(O)cc2)ccc1O. The highest BCUT2D eigenvalue weighted by molar-refractivity contribution is 6.00. The van der Waals surface area contributed by atoms with Crippen molar-refractivity contribution in [3.8, 4) is 34.5 Å². The molecule has 0 aromatic heterocycles. The van der Waals surface area contributed by atoms with Gasteiger partial charge in [-0.1, -0.05) is 18.2 Å². The van der Waals surface area contributed by atoms with Gasteiger partial charge in [-0.3, -0.25) is 14.4 Å². The Morgan fingerprint density at radius 2 is 1.51 bits per heavy atom. The van der Waals surface area contributed by atoms with E-state index in [9.17, 15) is 29.7 Å². The van der Waals surface area contributed by atoms with Crippen LogP contribution in [0.25, 0.3) is 6.08 Å². The third-order valence-electron chi connectivity index (χ3n) is 7.71. The smallest absolute Gasteiger partial charge is 0.244 e. The second-order valence-corrected chi connectivity index (χ2v) is 10.8. The molecule has 0 aliphatic carbocycles. The van der Waals surface area contributed by atoms with Crippen LogP contribution < -0.4 is 24.8 Å². The molecular weight excluding hydrogens is 604 g/mol. The molecule has 0 unspecified atom stereocenters. The van der Waals surface area contributed by atoms with Crippen LogP contribution in [0.15, 0.2) is 84.9 Å². The van der Waals surface area contributed by atoms with Crippen LogP contribution in [0.1, 0.15) is 44.6 Å². The largest absolute Gasteiger partial charge is 0.508 e. The summed E-state index contributed by atoms with van der Waals surface area (Å²) in [5, 5.41) is 34.7. The summed E-state index contributed by atoms with van der Waals surface area (Å²) < 4.78 is 17.2. The molecule has 5 N–H and O–H groups in total. The van der Waals surface area contributed by atoms with E-state index < -0.39 is 17.9 Å². The van der Waals surface area contributed by atoms with E-state index >= 15 is 0 Å². The summed E-state index contributed by atoms with van der Waals surface area (Å²) in [5.74, 6) is -1.17. The number of ether oxygens (including phenoxy) is 3. The lowest BCUT2D eigenvalue weighted by Gasteiger charge is -2.20. The van der Waals surface area contributed by atoms with Crippen LogP contribution in [0.4, 0.5) is 0 Å².